The molecule has 144 valence electrons. The van der Waals surface area contributed by atoms with E-state index in [4.69, 9.17) is 19.5 Å². The molecule has 28 heavy (non-hydrogen) atoms. The van der Waals surface area contributed by atoms with Crippen LogP contribution in [-0.4, -0.2) is 52.2 Å². The lowest BCUT2D eigenvalue weighted by Crippen LogP contribution is -2.54. The summed E-state index contributed by atoms with van der Waals surface area (Å²) in [7, 11) is 0. The lowest BCUT2D eigenvalue weighted by atomic mass is 10.1. The first kappa shape index (κ1) is 18.0. The zero-order chi connectivity index (χ0) is 19.5. The van der Waals surface area contributed by atoms with E-state index in [2.05, 4.69) is 9.97 Å². The van der Waals surface area contributed by atoms with Gasteiger partial charge < -0.3 is 19.1 Å². The Labute approximate surface area is 162 Å². The lowest BCUT2D eigenvalue weighted by molar-refractivity contribution is -0.147. The van der Waals surface area contributed by atoms with Crippen LogP contribution in [-0.2, 0) is 4.79 Å². The smallest absolute Gasteiger partial charge is 0.267 e. The van der Waals surface area contributed by atoms with Crippen molar-refractivity contribution < 1.29 is 19.0 Å². The highest BCUT2D eigenvalue weighted by atomic mass is 16.6. The van der Waals surface area contributed by atoms with E-state index in [1.807, 2.05) is 31.2 Å². The molecule has 0 bridgehead atoms. The van der Waals surface area contributed by atoms with Crippen molar-refractivity contribution in [1.82, 2.24) is 14.9 Å². The van der Waals surface area contributed by atoms with Crippen molar-refractivity contribution in [2.75, 3.05) is 13.1 Å². The number of hydrogen-bond acceptors (Lipinski definition) is 7. The molecule has 1 aromatic carbocycles. The Hall–Kier alpha value is -3.34. The Bertz CT molecular complexity index is 913. The third-order valence-electron chi connectivity index (χ3n) is 4.82. The van der Waals surface area contributed by atoms with Gasteiger partial charge in [0, 0.05) is 18.9 Å². The maximum absolute atomic E-state index is 13.1. The van der Waals surface area contributed by atoms with Crippen molar-refractivity contribution in [1.29, 1.82) is 5.26 Å². The molecule has 1 amide bonds. The number of aromatic nitrogens is 2. The van der Waals surface area contributed by atoms with Gasteiger partial charge in [-0.25, -0.2) is 9.97 Å². The van der Waals surface area contributed by atoms with Crippen LogP contribution in [0.15, 0.2) is 36.7 Å². The lowest BCUT2D eigenvalue weighted by Gasteiger charge is -2.37. The zero-order valence-corrected chi connectivity index (χ0v) is 15.4. The van der Waals surface area contributed by atoms with E-state index in [-0.39, 0.29) is 23.6 Å². The second kappa shape index (κ2) is 7.72. The van der Waals surface area contributed by atoms with E-state index in [0.717, 1.165) is 12.8 Å². The summed E-state index contributed by atoms with van der Waals surface area (Å²) in [6.07, 6.45) is 3.13. The fraction of sp³-hybridized carbons (Fsp3) is 0.400. The Balaban J connectivity index is 1.44. The molecule has 0 saturated carbocycles. The van der Waals surface area contributed by atoms with Crippen molar-refractivity contribution in [3.63, 3.8) is 0 Å². The SMILES string of the molecule is C[C@@H]1Oc2ccccc2O[C@H]1C(=O)N1CCC[C@H](Oc2nccnc2C#N)C1. The number of carbonyl (C=O) groups excluding carboxylic acids is 1. The van der Waals surface area contributed by atoms with Gasteiger partial charge in [-0.3, -0.25) is 4.79 Å². The van der Waals surface area contributed by atoms with E-state index in [1.165, 1.54) is 12.4 Å². The van der Waals surface area contributed by atoms with Crippen LogP contribution < -0.4 is 14.2 Å². The van der Waals surface area contributed by atoms with Crippen LogP contribution in [0.4, 0.5) is 0 Å². The fourth-order valence-electron chi connectivity index (χ4n) is 3.45. The topological polar surface area (TPSA) is 97.6 Å². The minimum atomic E-state index is -0.708. The monoisotopic (exact) mass is 380 g/mol. The molecule has 3 atom stereocenters. The van der Waals surface area contributed by atoms with Gasteiger partial charge in [-0.1, -0.05) is 12.1 Å². The number of para-hydroxylation sites is 2. The number of piperidine rings is 1. The summed E-state index contributed by atoms with van der Waals surface area (Å²) in [5.41, 5.74) is 0.139. The maximum Gasteiger partial charge on any atom is 0.267 e. The van der Waals surface area contributed by atoms with Crippen molar-refractivity contribution in [2.24, 2.45) is 0 Å². The van der Waals surface area contributed by atoms with Crippen LogP contribution >= 0.6 is 0 Å². The van der Waals surface area contributed by atoms with Gasteiger partial charge in [0.05, 0.1) is 6.54 Å². The van der Waals surface area contributed by atoms with E-state index in [9.17, 15) is 4.79 Å². The van der Waals surface area contributed by atoms with Crippen molar-refractivity contribution in [2.45, 2.75) is 38.1 Å². The summed E-state index contributed by atoms with van der Waals surface area (Å²) in [4.78, 5) is 22.9. The highest BCUT2D eigenvalue weighted by Gasteiger charge is 2.38. The first-order valence-corrected chi connectivity index (χ1v) is 9.24. The molecule has 2 aliphatic heterocycles. The quantitative estimate of drug-likeness (QED) is 0.803. The number of amides is 1. The molecule has 4 rings (SSSR count). The Morgan fingerprint density at radius 1 is 1.25 bits per heavy atom. The van der Waals surface area contributed by atoms with Crippen molar-refractivity contribution in [3.05, 3.63) is 42.4 Å². The number of hydrogen-bond donors (Lipinski definition) is 0. The predicted molar refractivity (Wildman–Crippen MR) is 97.9 cm³/mol. The second-order valence-corrected chi connectivity index (χ2v) is 6.80. The van der Waals surface area contributed by atoms with Crippen LogP contribution in [0.3, 0.4) is 0 Å². The first-order chi connectivity index (χ1) is 13.7. The summed E-state index contributed by atoms with van der Waals surface area (Å²) < 4.78 is 17.6. The zero-order valence-electron chi connectivity index (χ0n) is 15.4. The highest BCUT2D eigenvalue weighted by molar-refractivity contribution is 5.82. The third kappa shape index (κ3) is 3.56. The number of nitrogens with zero attached hydrogens (tertiary/aromatic N) is 4. The van der Waals surface area contributed by atoms with E-state index < -0.39 is 12.2 Å². The minimum Gasteiger partial charge on any atom is -0.482 e. The molecule has 0 spiro atoms. The molecule has 8 nitrogen and oxygen atoms in total. The van der Waals surface area contributed by atoms with Gasteiger partial charge in [0.25, 0.3) is 11.8 Å². The Morgan fingerprint density at radius 2 is 2.00 bits per heavy atom. The molecule has 2 aliphatic rings. The maximum atomic E-state index is 13.1. The average Bonchev–Trinajstić information content (AvgIpc) is 2.73. The van der Waals surface area contributed by atoms with E-state index in [0.29, 0.717) is 24.6 Å². The largest absolute Gasteiger partial charge is 0.482 e. The molecule has 0 aliphatic carbocycles. The summed E-state index contributed by atoms with van der Waals surface area (Å²) >= 11 is 0. The molecule has 1 saturated heterocycles. The van der Waals surface area contributed by atoms with E-state index >= 15 is 0 Å². The van der Waals surface area contributed by atoms with Gasteiger partial charge >= 0.3 is 0 Å². The van der Waals surface area contributed by atoms with Crippen molar-refractivity contribution in [3.8, 4) is 23.4 Å². The fourth-order valence-corrected chi connectivity index (χ4v) is 3.45. The van der Waals surface area contributed by atoms with Crippen molar-refractivity contribution >= 4 is 5.91 Å². The number of likely N-dealkylation sites (tertiary alicyclic amines) is 1. The summed E-state index contributed by atoms with van der Waals surface area (Å²) in [5, 5.41) is 9.14. The van der Waals surface area contributed by atoms with Gasteiger partial charge in [-0.05, 0) is 31.9 Å². The summed E-state index contributed by atoms with van der Waals surface area (Å²) in [5.74, 6) is 1.28. The molecule has 1 fully saturated rings. The van der Waals surface area contributed by atoms with Gasteiger partial charge in [0.1, 0.15) is 18.3 Å². The standard InChI is InChI=1S/C20H20N4O4/c1-13-18(28-17-7-3-2-6-16(17)26-13)20(25)24-10-4-5-14(12-24)27-19-15(11-21)22-8-9-23-19/h2-3,6-9,13-14,18H,4-5,10,12H2,1H3/t13-,14-,18+/m0/s1. The predicted octanol–water partition coefficient (Wildman–Crippen LogP) is 1.95. The number of carbonyl (C=O) groups is 1. The number of benzene rings is 1. The first-order valence-electron chi connectivity index (χ1n) is 9.24. The van der Waals surface area contributed by atoms with Gasteiger partial charge in [0.15, 0.2) is 11.5 Å². The Kier molecular flexibility index (Phi) is 4.98. The molecule has 0 radical (unpaired) electrons. The molecule has 8 heteroatoms. The number of ether oxygens (including phenoxy) is 3. The molecule has 1 aromatic heterocycles. The van der Waals surface area contributed by atoms with E-state index in [1.54, 1.807) is 11.0 Å². The second-order valence-electron chi connectivity index (χ2n) is 6.80. The highest BCUT2D eigenvalue weighted by Crippen LogP contribution is 2.34. The number of nitriles is 1. The van der Waals surface area contributed by atoms with Crippen LogP contribution in [0, 0.1) is 11.3 Å². The molecule has 2 aromatic rings. The molecule has 3 heterocycles. The summed E-state index contributed by atoms with van der Waals surface area (Å²) in [6.45, 7) is 2.85. The normalized spacial score (nSPS) is 23.6. The molecule has 0 unspecified atom stereocenters. The van der Waals surface area contributed by atoms with Gasteiger partial charge in [-0.15, -0.1) is 0 Å². The summed E-state index contributed by atoms with van der Waals surface area (Å²) in [6, 6.07) is 9.30. The minimum absolute atomic E-state index is 0.130. The number of rotatable bonds is 3. The molecular formula is C20H20N4O4. The Morgan fingerprint density at radius 3 is 2.79 bits per heavy atom. The average molecular weight is 380 g/mol. The van der Waals surface area contributed by atoms with Crippen LogP contribution in [0.25, 0.3) is 0 Å². The van der Waals surface area contributed by atoms with Crippen LogP contribution in [0.5, 0.6) is 17.4 Å². The van der Waals surface area contributed by atoms with Gasteiger partial charge in [-0.2, -0.15) is 5.26 Å². The van der Waals surface area contributed by atoms with Gasteiger partial charge in [0.2, 0.25) is 11.8 Å². The third-order valence-corrected chi connectivity index (χ3v) is 4.82. The molecular weight excluding hydrogens is 360 g/mol. The van der Waals surface area contributed by atoms with Crippen LogP contribution in [0.1, 0.15) is 25.5 Å². The molecule has 0 N–H and O–H groups in total. The van der Waals surface area contributed by atoms with Crippen LogP contribution in [0.2, 0.25) is 0 Å². The number of fused-ring (bicyclic) bond motifs is 1.